The second kappa shape index (κ2) is 8.16. The normalized spacial score (nSPS) is 15.8. The fourth-order valence-electron chi connectivity index (χ4n) is 3.50. The number of H-pyrrole nitrogens is 1. The van der Waals surface area contributed by atoms with Gasteiger partial charge in [-0.1, -0.05) is 37.5 Å². The minimum Gasteiger partial charge on any atom is -0.361 e. The molecule has 0 bridgehead atoms. The van der Waals surface area contributed by atoms with Crippen LogP contribution in [0, 0.1) is 5.92 Å². The molecule has 1 aromatic carbocycles. The van der Waals surface area contributed by atoms with E-state index in [2.05, 4.69) is 21.7 Å². The molecule has 1 aliphatic carbocycles. The molecule has 0 radical (unpaired) electrons. The fraction of sp³-hybridized carbons (Fsp3) is 0.526. The Labute approximate surface area is 138 Å². The molecule has 0 atom stereocenters. The highest BCUT2D eigenvalue weighted by molar-refractivity contribution is 5.88. The van der Waals surface area contributed by atoms with Crippen molar-refractivity contribution in [2.45, 2.75) is 38.5 Å². The topological polar surface area (TPSA) is 56.9 Å². The molecule has 1 heterocycles. The number of para-hydroxylation sites is 1. The van der Waals surface area contributed by atoms with E-state index >= 15 is 0 Å². The van der Waals surface area contributed by atoms with E-state index in [1.807, 2.05) is 24.4 Å². The van der Waals surface area contributed by atoms with Crippen LogP contribution in [0.25, 0.3) is 10.9 Å². The highest BCUT2D eigenvalue weighted by Crippen LogP contribution is 2.22. The Morgan fingerprint density at radius 3 is 2.83 bits per heavy atom. The number of amides is 1. The number of nitrogens with one attached hydrogen (secondary N) is 3. The summed E-state index contributed by atoms with van der Waals surface area (Å²) in [5, 5.41) is 7.62. The predicted octanol–water partition coefficient (Wildman–Crippen LogP) is 3.00. The molecular formula is C19H27N3O. The van der Waals surface area contributed by atoms with E-state index in [1.54, 1.807) is 0 Å². The molecule has 2 aromatic rings. The summed E-state index contributed by atoms with van der Waals surface area (Å²) in [6.45, 7) is 2.66. The number of carbonyl (C=O) groups excluding carboxylic acids is 1. The maximum absolute atomic E-state index is 12.1. The lowest BCUT2D eigenvalue weighted by atomic mass is 9.89. The fourth-order valence-corrected chi connectivity index (χ4v) is 3.50. The first-order valence-corrected chi connectivity index (χ1v) is 8.85. The smallest absolute Gasteiger partial charge is 0.224 e. The van der Waals surface area contributed by atoms with Crippen molar-refractivity contribution in [3.8, 4) is 0 Å². The van der Waals surface area contributed by atoms with E-state index in [9.17, 15) is 4.79 Å². The van der Waals surface area contributed by atoms with Crippen LogP contribution in [0.1, 0.15) is 37.7 Å². The van der Waals surface area contributed by atoms with Crippen LogP contribution in [0.2, 0.25) is 0 Å². The number of aromatic amines is 1. The zero-order valence-corrected chi connectivity index (χ0v) is 13.7. The van der Waals surface area contributed by atoms with Crippen molar-refractivity contribution >= 4 is 16.8 Å². The number of carbonyl (C=O) groups is 1. The van der Waals surface area contributed by atoms with Crippen molar-refractivity contribution in [3.63, 3.8) is 0 Å². The number of benzene rings is 1. The zero-order chi connectivity index (χ0) is 15.9. The molecule has 3 rings (SSSR count). The summed E-state index contributed by atoms with van der Waals surface area (Å²) in [7, 11) is 0. The van der Waals surface area contributed by atoms with E-state index in [0.717, 1.165) is 35.5 Å². The first kappa shape index (κ1) is 16.1. The predicted molar refractivity (Wildman–Crippen MR) is 94.5 cm³/mol. The van der Waals surface area contributed by atoms with Gasteiger partial charge in [-0.05, 0) is 36.9 Å². The highest BCUT2D eigenvalue weighted by atomic mass is 16.1. The van der Waals surface area contributed by atoms with Gasteiger partial charge in [-0.25, -0.2) is 0 Å². The van der Waals surface area contributed by atoms with Gasteiger partial charge in [-0.15, -0.1) is 0 Å². The lowest BCUT2D eigenvalue weighted by Crippen LogP contribution is -2.34. The minimum absolute atomic E-state index is 0.0919. The maximum Gasteiger partial charge on any atom is 0.224 e. The van der Waals surface area contributed by atoms with Gasteiger partial charge >= 0.3 is 0 Å². The number of aromatic nitrogens is 1. The third-order valence-electron chi connectivity index (χ3n) is 4.81. The average Bonchev–Trinajstić information content (AvgIpc) is 2.99. The molecule has 3 N–H and O–H groups in total. The molecular weight excluding hydrogens is 286 g/mol. The molecule has 1 aliphatic rings. The van der Waals surface area contributed by atoms with Gasteiger partial charge < -0.3 is 15.6 Å². The summed E-state index contributed by atoms with van der Waals surface area (Å²) in [4.78, 5) is 15.3. The molecule has 4 nitrogen and oxygen atoms in total. The van der Waals surface area contributed by atoms with Crippen LogP contribution in [0.15, 0.2) is 30.5 Å². The van der Waals surface area contributed by atoms with Crippen LogP contribution >= 0.6 is 0 Å². The van der Waals surface area contributed by atoms with Crippen molar-refractivity contribution in [2.75, 3.05) is 19.6 Å². The summed E-state index contributed by atoms with van der Waals surface area (Å²) in [6, 6.07) is 8.10. The first-order valence-electron chi connectivity index (χ1n) is 8.85. The molecule has 1 saturated carbocycles. The molecule has 1 amide bonds. The van der Waals surface area contributed by atoms with Gasteiger partial charge in [0.2, 0.25) is 5.91 Å². The quantitative estimate of drug-likeness (QED) is 0.688. The Morgan fingerprint density at radius 1 is 1.13 bits per heavy atom. The van der Waals surface area contributed by atoms with Crippen LogP contribution in [0.3, 0.4) is 0 Å². The summed E-state index contributed by atoms with van der Waals surface area (Å²) in [5.74, 6) is 0.930. The number of hydrogen-bond acceptors (Lipinski definition) is 2. The number of hydrogen-bond donors (Lipinski definition) is 3. The lowest BCUT2D eigenvalue weighted by molar-refractivity contribution is -0.120. The van der Waals surface area contributed by atoms with Gasteiger partial charge in [0.15, 0.2) is 0 Å². The third kappa shape index (κ3) is 4.58. The van der Waals surface area contributed by atoms with Gasteiger partial charge in [-0.2, -0.15) is 0 Å². The van der Waals surface area contributed by atoms with E-state index in [0.29, 0.717) is 13.0 Å². The minimum atomic E-state index is 0.0919. The first-order chi connectivity index (χ1) is 11.3. The van der Waals surface area contributed by atoms with Crippen LogP contribution in [-0.2, 0) is 11.2 Å². The van der Waals surface area contributed by atoms with Gasteiger partial charge in [0, 0.05) is 30.2 Å². The number of fused-ring (bicyclic) bond motifs is 1. The maximum atomic E-state index is 12.1. The molecule has 1 aromatic heterocycles. The molecule has 0 spiro atoms. The van der Waals surface area contributed by atoms with Crippen LogP contribution in [0.5, 0.6) is 0 Å². The molecule has 0 saturated heterocycles. The van der Waals surface area contributed by atoms with Crippen molar-refractivity contribution in [1.82, 2.24) is 15.6 Å². The molecule has 124 valence electrons. The molecule has 0 unspecified atom stereocenters. The Kier molecular flexibility index (Phi) is 5.70. The summed E-state index contributed by atoms with van der Waals surface area (Å²) < 4.78 is 0. The van der Waals surface area contributed by atoms with Crippen LogP contribution < -0.4 is 10.6 Å². The second-order valence-electron chi connectivity index (χ2n) is 6.59. The largest absolute Gasteiger partial charge is 0.361 e. The van der Waals surface area contributed by atoms with Crippen LogP contribution in [-0.4, -0.2) is 30.5 Å². The van der Waals surface area contributed by atoms with Crippen molar-refractivity contribution in [1.29, 1.82) is 0 Å². The molecule has 0 aliphatic heterocycles. The average molecular weight is 313 g/mol. The molecule has 23 heavy (non-hydrogen) atoms. The van der Waals surface area contributed by atoms with Gasteiger partial charge in [-0.3, -0.25) is 4.79 Å². The van der Waals surface area contributed by atoms with Crippen molar-refractivity contribution in [3.05, 3.63) is 36.0 Å². The summed E-state index contributed by atoms with van der Waals surface area (Å²) in [6.07, 6.45) is 9.26. The van der Waals surface area contributed by atoms with Crippen molar-refractivity contribution < 1.29 is 4.79 Å². The van der Waals surface area contributed by atoms with Gasteiger partial charge in [0.25, 0.3) is 0 Å². The van der Waals surface area contributed by atoms with Crippen LogP contribution in [0.4, 0.5) is 0 Å². The van der Waals surface area contributed by atoms with E-state index in [4.69, 9.17) is 0 Å². The summed E-state index contributed by atoms with van der Waals surface area (Å²) >= 11 is 0. The SMILES string of the molecule is O=C(Cc1c[nH]c2ccccc12)NCCNCC1CCCCC1. The Balaban J connectivity index is 1.35. The Morgan fingerprint density at radius 2 is 1.96 bits per heavy atom. The zero-order valence-electron chi connectivity index (χ0n) is 13.7. The second-order valence-corrected chi connectivity index (χ2v) is 6.59. The number of rotatable bonds is 7. The van der Waals surface area contributed by atoms with E-state index in [1.165, 1.54) is 32.1 Å². The third-order valence-corrected chi connectivity index (χ3v) is 4.81. The molecule has 1 fully saturated rings. The Bertz CT molecular complexity index is 628. The van der Waals surface area contributed by atoms with E-state index in [-0.39, 0.29) is 5.91 Å². The Hall–Kier alpha value is -1.81. The van der Waals surface area contributed by atoms with E-state index < -0.39 is 0 Å². The van der Waals surface area contributed by atoms with Gasteiger partial charge in [0.05, 0.1) is 6.42 Å². The lowest BCUT2D eigenvalue weighted by Gasteiger charge is -2.21. The highest BCUT2D eigenvalue weighted by Gasteiger charge is 2.12. The van der Waals surface area contributed by atoms with Crippen molar-refractivity contribution in [2.24, 2.45) is 5.92 Å². The van der Waals surface area contributed by atoms with Gasteiger partial charge in [0.1, 0.15) is 0 Å². The monoisotopic (exact) mass is 313 g/mol. The summed E-state index contributed by atoms with van der Waals surface area (Å²) in [5.41, 5.74) is 2.15. The molecule has 4 heteroatoms. The standard InChI is InChI=1S/C19H27N3O/c23-19(12-16-14-22-18-9-5-4-8-17(16)18)21-11-10-20-13-15-6-2-1-3-7-15/h4-5,8-9,14-15,20,22H,1-3,6-7,10-13H2,(H,21,23).